The normalized spacial score (nSPS) is 13.2. The summed E-state index contributed by atoms with van der Waals surface area (Å²) in [5, 5.41) is 3.31. The number of esters is 1. The van der Waals surface area contributed by atoms with Gasteiger partial charge < -0.3 is 24.6 Å². The van der Waals surface area contributed by atoms with Gasteiger partial charge in [-0.3, -0.25) is 19.2 Å². The first-order valence-corrected chi connectivity index (χ1v) is 27.2. The highest BCUT2D eigenvalue weighted by molar-refractivity contribution is 5.78. The van der Waals surface area contributed by atoms with E-state index in [1.807, 2.05) is 4.90 Å². The van der Waals surface area contributed by atoms with Crippen molar-refractivity contribution in [2.24, 2.45) is 5.92 Å². The van der Waals surface area contributed by atoms with Gasteiger partial charge in [-0.1, -0.05) is 188 Å². The number of nitrogens with zero attached hydrogens (tertiary/aromatic N) is 2. The van der Waals surface area contributed by atoms with Gasteiger partial charge >= 0.3 is 5.97 Å². The second-order valence-electron chi connectivity index (χ2n) is 19.2. The summed E-state index contributed by atoms with van der Waals surface area (Å²) >= 11 is 0. The van der Waals surface area contributed by atoms with E-state index in [0.29, 0.717) is 69.0 Å². The number of unbranched alkanes of at least 4 members (excludes halogenated alkanes) is 24. The average molecular weight is 886 g/mol. The molecule has 1 saturated heterocycles. The molecule has 1 N–H and O–H groups in total. The van der Waals surface area contributed by atoms with Crippen LogP contribution in [0.4, 0.5) is 11.4 Å². The Balaban J connectivity index is 1.70. The maximum Gasteiger partial charge on any atom is 0.305 e. The van der Waals surface area contributed by atoms with Crippen molar-refractivity contribution in [2.45, 2.75) is 245 Å². The number of hydrogen-bond acceptors (Lipinski definition) is 9. The van der Waals surface area contributed by atoms with Crippen molar-refractivity contribution in [1.29, 1.82) is 0 Å². The van der Waals surface area contributed by atoms with Gasteiger partial charge in [0.25, 0.3) is 10.9 Å². The summed E-state index contributed by atoms with van der Waals surface area (Å²) in [5.41, 5.74) is 0.267. The Bertz CT molecular complexity index is 1290. The summed E-state index contributed by atoms with van der Waals surface area (Å²) < 4.78 is 10.9. The molecule has 1 aromatic rings. The zero-order valence-corrected chi connectivity index (χ0v) is 41.5. The molecular weight excluding hydrogens is 787 g/mol. The van der Waals surface area contributed by atoms with Crippen LogP contribution >= 0.6 is 0 Å². The second-order valence-corrected chi connectivity index (χ2v) is 19.2. The molecule has 0 atom stereocenters. The van der Waals surface area contributed by atoms with Crippen LogP contribution in [0.1, 0.15) is 245 Å². The number of carbonyl (C=O) groups excluding carboxylic acids is 2. The van der Waals surface area contributed by atoms with Crippen LogP contribution in [0.15, 0.2) is 9.59 Å². The van der Waals surface area contributed by atoms with E-state index in [4.69, 9.17) is 9.47 Å². The summed E-state index contributed by atoms with van der Waals surface area (Å²) in [7, 11) is 0. The van der Waals surface area contributed by atoms with Crippen LogP contribution < -0.4 is 21.1 Å². The molecule has 0 amide bonds. The molecule has 2 rings (SSSR count). The van der Waals surface area contributed by atoms with Gasteiger partial charge in [0.05, 0.1) is 19.8 Å². The molecule has 1 aliphatic rings. The van der Waals surface area contributed by atoms with E-state index in [1.165, 1.54) is 135 Å². The lowest BCUT2D eigenvalue weighted by Gasteiger charge is -2.31. The van der Waals surface area contributed by atoms with E-state index in [1.54, 1.807) is 0 Å². The third-order valence-corrected chi connectivity index (χ3v) is 13.4. The van der Waals surface area contributed by atoms with Crippen molar-refractivity contribution in [2.75, 3.05) is 69.3 Å². The molecule has 1 fully saturated rings. The van der Waals surface area contributed by atoms with Crippen LogP contribution in [0.5, 0.6) is 0 Å². The Labute approximate surface area is 387 Å². The topological polar surface area (TPSA) is 105 Å². The molecule has 366 valence electrons. The number of hydrogen-bond donors (Lipinski definition) is 1. The molecule has 0 spiro atoms. The van der Waals surface area contributed by atoms with E-state index in [-0.39, 0.29) is 11.4 Å². The number of Topliss-reactive ketones (excluding diaryl/α,β-unsaturated/α-hetero) is 1. The molecule has 0 radical (unpaired) electrons. The molecule has 0 aromatic heterocycles. The minimum Gasteiger partial charge on any atom is -0.466 e. The van der Waals surface area contributed by atoms with Crippen LogP contribution in [0.2, 0.25) is 0 Å². The fraction of sp³-hybridized carbons (Fsp3) is 0.889. The zero-order chi connectivity index (χ0) is 45.4. The minimum atomic E-state index is -0.391. The average Bonchev–Trinajstić information content (AvgIpc) is 3.29. The van der Waals surface area contributed by atoms with Crippen molar-refractivity contribution in [3.05, 3.63) is 20.4 Å². The van der Waals surface area contributed by atoms with Crippen LogP contribution in [0, 0.1) is 5.92 Å². The first-order chi connectivity index (χ1) is 30.9. The third kappa shape index (κ3) is 29.1. The number of ether oxygens (including phenoxy) is 2. The summed E-state index contributed by atoms with van der Waals surface area (Å²) in [6.45, 7) is 13.5. The highest BCUT2D eigenvalue weighted by Crippen LogP contribution is 2.24. The third-order valence-electron chi connectivity index (χ3n) is 13.4. The van der Waals surface area contributed by atoms with Gasteiger partial charge in [0.1, 0.15) is 17.2 Å². The Morgan fingerprint density at radius 2 is 1.03 bits per heavy atom. The molecule has 1 aromatic carbocycles. The highest BCUT2D eigenvalue weighted by Gasteiger charge is 2.27. The quantitative estimate of drug-likeness (QED) is 0.0389. The molecule has 9 heteroatoms. The summed E-state index contributed by atoms with van der Waals surface area (Å²) in [4.78, 5) is 54.7. The van der Waals surface area contributed by atoms with Crippen molar-refractivity contribution >= 4 is 23.1 Å². The predicted octanol–water partition coefficient (Wildman–Crippen LogP) is 13.3. The monoisotopic (exact) mass is 886 g/mol. The zero-order valence-electron chi connectivity index (χ0n) is 41.5. The summed E-state index contributed by atoms with van der Waals surface area (Å²) in [6.07, 6.45) is 41.0. The van der Waals surface area contributed by atoms with Gasteiger partial charge in [-0.05, 0) is 64.1 Å². The number of nitrogens with one attached hydrogen (secondary N) is 1. The van der Waals surface area contributed by atoms with Gasteiger partial charge in [-0.2, -0.15) is 0 Å². The van der Waals surface area contributed by atoms with Gasteiger partial charge in [0.2, 0.25) is 0 Å². The van der Waals surface area contributed by atoms with Gasteiger partial charge in [0.15, 0.2) is 0 Å². The summed E-state index contributed by atoms with van der Waals surface area (Å²) in [6, 6.07) is 0. The maximum atomic E-state index is 13.1. The summed E-state index contributed by atoms with van der Waals surface area (Å²) in [5.74, 6) is 1.04. The number of rotatable bonds is 46. The highest BCUT2D eigenvalue weighted by atomic mass is 16.5. The SMILES string of the molecule is CCCCCCCCCOC(=O)CCCCCCCN(CCCCCCCC(=O)CC(CCCCCCCC)CCCCCCCC)CCCNc1c(N2CCOCC2)c(=O)c1=O. The fourth-order valence-corrected chi connectivity index (χ4v) is 9.32. The molecule has 63 heavy (non-hydrogen) atoms. The fourth-order valence-electron chi connectivity index (χ4n) is 9.32. The molecule has 0 aliphatic carbocycles. The number of ketones is 1. The van der Waals surface area contributed by atoms with Gasteiger partial charge in [-0.15, -0.1) is 0 Å². The Morgan fingerprint density at radius 3 is 1.59 bits per heavy atom. The van der Waals surface area contributed by atoms with Gasteiger partial charge in [0, 0.05) is 38.9 Å². The van der Waals surface area contributed by atoms with Gasteiger partial charge in [-0.25, -0.2) is 0 Å². The molecule has 1 heterocycles. The van der Waals surface area contributed by atoms with E-state index in [9.17, 15) is 19.2 Å². The number of anilines is 2. The predicted molar refractivity (Wildman–Crippen MR) is 267 cm³/mol. The standard InChI is InChI=1S/C54H99N3O6/c1-4-7-10-13-16-25-32-44-63-50(59)37-29-22-18-24-31-40-56(41-33-38-55-51-52(54(61)53(51)60)57-42-45-62-46-43-57)39-30-23-17-21-28-36-49(58)47-48(34-26-19-14-11-8-5-2)35-27-20-15-12-9-6-3/h48,55H,4-47H2,1-3H3. The Kier molecular flexibility index (Phi) is 36.2. The van der Waals surface area contributed by atoms with E-state index < -0.39 is 5.43 Å². The smallest absolute Gasteiger partial charge is 0.305 e. The van der Waals surface area contributed by atoms with E-state index in [2.05, 4.69) is 31.0 Å². The number of morpholine rings is 1. The molecule has 0 saturated carbocycles. The first-order valence-electron chi connectivity index (χ1n) is 27.2. The van der Waals surface area contributed by atoms with Crippen LogP contribution in [-0.4, -0.2) is 75.7 Å². The Hall–Kier alpha value is -2.26. The van der Waals surface area contributed by atoms with E-state index in [0.717, 1.165) is 103 Å². The molecule has 1 aliphatic heterocycles. The van der Waals surface area contributed by atoms with Crippen LogP contribution in [-0.2, 0) is 19.1 Å². The lowest BCUT2D eigenvalue weighted by atomic mass is 9.89. The van der Waals surface area contributed by atoms with Crippen molar-refractivity contribution in [3.8, 4) is 0 Å². The lowest BCUT2D eigenvalue weighted by Crippen LogP contribution is -2.47. The van der Waals surface area contributed by atoms with Crippen molar-refractivity contribution in [1.82, 2.24) is 4.90 Å². The molecule has 0 unspecified atom stereocenters. The van der Waals surface area contributed by atoms with Crippen LogP contribution in [0.3, 0.4) is 0 Å². The molecule has 9 nitrogen and oxygen atoms in total. The van der Waals surface area contributed by atoms with E-state index >= 15 is 0 Å². The second kappa shape index (κ2) is 40.1. The van der Waals surface area contributed by atoms with Crippen molar-refractivity contribution in [3.63, 3.8) is 0 Å². The first kappa shape index (κ1) is 56.9. The van der Waals surface area contributed by atoms with Crippen molar-refractivity contribution < 1.29 is 19.1 Å². The maximum absolute atomic E-state index is 13.1. The number of carbonyl (C=O) groups is 2. The molecule has 0 bridgehead atoms. The Morgan fingerprint density at radius 1 is 0.571 bits per heavy atom. The minimum absolute atomic E-state index is 0.0422. The van der Waals surface area contributed by atoms with Crippen LogP contribution in [0.25, 0.3) is 0 Å². The molecular formula is C54H99N3O6. The largest absolute Gasteiger partial charge is 0.466 e. The lowest BCUT2D eigenvalue weighted by molar-refractivity contribution is -0.143.